The van der Waals surface area contributed by atoms with Crippen molar-refractivity contribution in [2.75, 3.05) is 60.4 Å². The van der Waals surface area contributed by atoms with Gasteiger partial charge in [-0.2, -0.15) is 26.7 Å². The van der Waals surface area contributed by atoms with Gasteiger partial charge in [-0.15, -0.1) is 0 Å². The van der Waals surface area contributed by atoms with Gasteiger partial charge in [-0.3, -0.25) is 0 Å². The molecule has 0 radical (unpaired) electrons. The lowest BCUT2D eigenvalue weighted by molar-refractivity contribution is 0.842. The summed E-state index contributed by atoms with van der Waals surface area (Å²) < 4.78 is 0. The van der Waals surface area contributed by atoms with Crippen LogP contribution >= 0.6 is 11.8 Å². The molecule has 20 heavy (non-hydrogen) atoms. The molecule has 0 aliphatic carbocycles. The van der Waals surface area contributed by atoms with Crippen molar-refractivity contribution < 1.29 is 0 Å². The summed E-state index contributed by atoms with van der Waals surface area (Å²) in [4.78, 5) is 18.0. The van der Waals surface area contributed by atoms with Crippen LogP contribution in [0.3, 0.4) is 0 Å². The van der Waals surface area contributed by atoms with Crippen molar-refractivity contribution >= 4 is 29.6 Å². The van der Waals surface area contributed by atoms with E-state index in [-0.39, 0.29) is 0 Å². The van der Waals surface area contributed by atoms with Gasteiger partial charge in [0.05, 0.1) is 0 Å². The number of aromatic nitrogens is 3. The normalized spacial score (nSPS) is 14.7. The van der Waals surface area contributed by atoms with E-state index in [9.17, 15) is 0 Å². The molecular weight excluding hydrogens is 272 g/mol. The predicted octanol–water partition coefficient (Wildman–Crippen LogP) is 1.70. The van der Waals surface area contributed by atoms with Gasteiger partial charge in [-0.25, -0.2) is 0 Å². The van der Waals surface area contributed by atoms with Gasteiger partial charge in [0.1, 0.15) is 0 Å². The second kappa shape index (κ2) is 7.52. The predicted molar refractivity (Wildman–Crippen MR) is 87.1 cm³/mol. The molecule has 1 N–H and O–H groups in total. The molecule has 0 spiro atoms. The van der Waals surface area contributed by atoms with Crippen molar-refractivity contribution in [1.29, 1.82) is 0 Å². The standard InChI is InChI=1S/C13H24N6S/c1-4-14-11-15-12(18(2)9-10-20-3)17-13(16-11)19-7-5-6-8-19/h4-10H2,1-3H3,(H,14,15,16,17). The lowest BCUT2D eigenvalue weighted by Gasteiger charge is -2.21. The van der Waals surface area contributed by atoms with E-state index in [1.165, 1.54) is 12.8 Å². The Balaban J connectivity index is 2.20. The molecule has 0 atom stereocenters. The fraction of sp³-hybridized carbons (Fsp3) is 0.769. The van der Waals surface area contributed by atoms with Crippen LogP contribution in [0.25, 0.3) is 0 Å². The highest BCUT2D eigenvalue weighted by atomic mass is 32.2. The summed E-state index contributed by atoms with van der Waals surface area (Å²) in [5, 5.41) is 3.20. The minimum Gasteiger partial charge on any atom is -0.354 e. The van der Waals surface area contributed by atoms with Crippen LogP contribution in [-0.4, -0.2) is 60.2 Å². The molecule has 7 heteroatoms. The summed E-state index contributed by atoms with van der Waals surface area (Å²) in [6, 6.07) is 0. The van der Waals surface area contributed by atoms with Crippen LogP contribution in [0.4, 0.5) is 17.8 Å². The number of anilines is 3. The molecule has 1 aliphatic rings. The lowest BCUT2D eigenvalue weighted by atomic mass is 10.4. The van der Waals surface area contributed by atoms with E-state index in [2.05, 4.69) is 43.2 Å². The molecule has 0 amide bonds. The minimum atomic E-state index is 0.676. The Morgan fingerprint density at radius 1 is 1.25 bits per heavy atom. The molecule has 0 bridgehead atoms. The Morgan fingerprint density at radius 2 is 2.00 bits per heavy atom. The van der Waals surface area contributed by atoms with E-state index >= 15 is 0 Å². The molecule has 2 heterocycles. The summed E-state index contributed by atoms with van der Waals surface area (Å²) in [6.07, 6.45) is 4.56. The number of thioether (sulfide) groups is 1. The summed E-state index contributed by atoms with van der Waals surface area (Å²) in [5.74, 6) is 3.30. The average molecular weight is 296 g/mol. The van der Waals surface area contributed by atoms with Crippen molar-refractivity contribution in [1.82, 2.24) is 15.0 Å². The van der Waals surface area contributed by atoms with Gasteiger partial charge in [-0.05, 0) is 26.0 Å². The molecule has 0 aromatic carbocycles. The first kappa shape index (κ1) is 15.2. The van der Waals surface area contributed by atoms with Gasteiger partial charge in [0.2, 0.25) is 17.8 Å². The van der Waals surface area contributed by atoms with Crippen LogP contribution < -0.4 is 15.1 Å². The third-order valence-electron chi connectivity index (χ3n) is 3.31. The van der Waals surface area contributed by atoms with Crippen molar-refractivity contribution in [2.45, 2.75) is 19.8 Å². The second-order valence-electron chi connectivity index (χ2n) is 4.90. The second-order valence-corrected chi connectivity index (χ2v) is 5.88. The van der Waals surface area contributed by atoms with Crippen LogP contribution in [0, 0.1) is 0 Å². The van der Waals surface area contributed by atoms with Crippen LogP contribution in [0.15, 0.2) is 0 Å². The summed E-state index contributed by atoms with van der Waals surface area (Å²) in [5.41, 5.74) is 0. The number of nitrogens with zero attached hydrogens (tertiary/aromatic N) is 5. The van der Waals surface area contributed by atoms with E-state index in [0.717, 1.165) is 43.8 Å². The molecule has 2 rings (SSSR count). The molecule has 0 saturated carbocycles. The molecule has 0 unspecified atom stereocenters. The third kappa shape index (κ3) is 3.88. The van der Waals surface area contributed by atoms with E-state index in [1.807, 2.05) is 18.8 Å². The van der Waals surface area contributed by atoms with Gasteiger partial charge < -0.3 is 15.1 Å². The minimum absolute atomic E-state index is 0.676. The molecule has 1 saturated heterocycles. The zero-order valence-corrected chi connectivity index (χ0v) is 13.4. The first-order valence-corrected chi connectivity index (χ1v) is 8.59. The number of hydrogen-bond acceptors (Lipinski definition) is 7. The molecule has 1 fully saturated rings. The van der Waals surface area contributed by atoms with Crippen molar-refractivity contribution in [3.63, 3.8) is 0 Å². The maximum atomic E-state index is 4.63. The summed E-state index contributed by atoms with van der Waals surface area (Å²) >= 11 is 1.83. The number of rotatable bonds is 7. The monoisotopic (exact) mass is 296 g/mol. The van der Waals surface area contributed by atoms with Crippen molar-refractivity contribution in [2.24, 2.45) is 0 Å². The Morgan fingerprint density at radius 3 is 2.65 bits per heavy atom. The Hall–Kier alpha value is -1.24. The zero-order valence-electron chi connectivity index (χ0n) is 12.6. The Kier molecular flexibility index (Phi) is 5.70. The van der Waals surface area contributed by atoms with Crippen molar-refractivity contribution in [3.05, 3.63) is 0 Å². The summed E-state index contributed by atoms with van der Waals surface area (Å²) in [6.45, 7) is 5.90. The van der Waals surface area contributed by atoms with Gasteiger partial charge >= 0.3 is 0 Å². The highest BCUT2D eigenvalue weighted by Gasteiger charge is 2.18. The molecule has 112 valence electrons. The highest BCUT2D eigenvalue weighted by Crippen LogP contribution is 2.19. The fourth-order valence-electron chi connectivity index (χ4n) is 2.15. The van der Waals surface area contributed by atoms with Crippen molar-refractivity contribution in [3.8, 4) is 0 Å². The van der Waals surface area contributed by atoms with E-state index < -0.39 is 0 Å². The van der Waals surface area contributed by atoms with Gasteiger partial charge in [-0.1, -0.05) is 0 Å². The fourth-order valence-corrected chi connectivity index (χ4v) is 2.60. The zero-order chi connectivity index (χ0) is 14.4. The average Bonchev–Trinajstić information content (AvgIpc) is 2.99. The van der Waals surface area contributed by atoms with Crippen LogP contribution in [0.1, 0.15) is 19.8 Å². The number of nitrogens with one attached hydrogen (secondary N) is 1. The molecule has 1 aliphatic heterocycles. The maximum absolute atomic E-state index is 4.63. The van der Waals surface area contributed by atoms with Crippen LogP contribution in [0.2, 0.25) is 0 Å². The van der Waals surface area contributed by atoms with E-state index in [0.29, 0.717) is 5.95 Å². The topological polar surface area (TPSA) is 57.2 Å². The highest BCUT2D eigenvalue weighted by molar-refractivity contribution is 7.98. The van der Waals surface area contributed by atoms with E-state index in [4.69, 9.17) is 0 Å². The smallest absolute Gasteiger partial charge is 0.231 e. The first-order valence-electron chi connectivity index (χ1n) is 7.19. The summed E-state index contributed by atoms with van der Waals surface area (Å²) in [7, 11) is 2.04. The number of hydrogen-bond donors (Lipinski definition) is 1. The Labute approximate surface area is 125 Å². The van der Waals surface area contributed by atoms with Gasteiger partial charge in [0.15, 0.2) is 0 Å². The lowest BCUT2D eigenvalue weighted by Crippen LogP contribution is -2.27. The largest absolute Gasteiger partial charge is 0.354 e. The maximum Gasteiger partial charge on any atom is 0.231 e. The van der Waals surface area contributed by atoms with Crippen LogP contribution in [-0.2, 0) is 0 Å². The molecular formula is C13H24N6S. The Bertz CT molecular complexity index is 421. The van der Waals surface area contributed by atoms with Gasteiger partial charge in [0.25, 0.3) is 0 Å². The SMILES string of the molecule is CCNc1nc(N(C)CCSC)nc(N2CCCC2)n1. The van der Waals surface area contributed by atoms with Crippen LogP contribution in [0.5, 0.6) is 0 Å². The molecule has 1 aromatic heterocycles. The molecule has 1 aromatic rings. The first-order chi connectivity index (χ1) is 9.74. The molecule has 6 nitrogen and oxygen atoms in total. The third-order valence-corrected chi connectivity index (χ3v) is 3.90. The quantitative estimate of drug-likeness (QED) is 0.822. The van der Waals surface area contributed by atoms with E-state index in [1.54, 1.807) is 0 Å². The van der Waals surface area contributed by atoms with Gasteiger partial charge in [0, 0.05) is 39.0 Å².